The van der Waals surface area contributed by atoms with Crippen LogP contribution in [-0.4, -0.2) is 61.3 Å². The maximum Gasteiger partial charge on any atom is 0.228 e. The third-order valence-electron chi connectivity index (χ3n) is 6.97. The van der Waals surface area contributed by atoms with E-state index >= 15 is 4.39 Å². The fourth-order valence-corrected chi connectivity index (χ4v) is 4.75. The van der Waals surface area contributed by atoms with Gasteiger partial charge in [0.1, 0.15) is 17.0 Å². The lowest BCUT2D eigenvalue weighted by Gasteiger charge is -2.39. The largest absolute Gasteiger partial charge is 0.338 e. The molecule has 1 saturated carbocycles. The molecule has 1 aliphatic heterocycles. The van der Waals surface area contributed by atoms with Crippen LogP contribution in [0.3, 0.4) is 0 Å². The highest BCUT2D eigenvalue weighted by Crippen LogP contribution is 2.36. The lowest BCUT2D eigenvalue weighted by atomic mass is 10.1. The van der Waals surface area contributed by atoms with Crippen LogP contribution in [-0.2, 0) is 0 Å². The number of halogens is 2. The van der Waals surface area contributed by atoms with Gasteiger partial charge in [-0.25, -0.2) is 19.3 Å². The zero-order valence-corrected chi connectivity index (χ0v) is 20.7. The van der Waals surface area contributed by atoms with E-state index in [1.807, 2.05) is 20.0 Å². The average Bonchev–Trinajstić information content (AvgIpc) is 3.57. The number of piperazine rings is 1. The molecule has 0 N–H and O–H groups in total. The molecule has 1 saturated heterocycles. The summed E-state index contributed by atoms with van der Waals surface area (Å²) < 4.78 is 17.1. The molecular weight excluding hydrogens is 467 g/mol. The number of rotatable bonds is 4. The number of nitrogens with zero attached hydrogens (tertiary/aromatic N) is 8. The molecule has 10 heteroatoms. The molecule has 0 radical (unpaired) electrons. The van der Waals surface area contributed by atoms with E-state index in [1.54, 1.807) is 12.1 Å². The molecule has 180 valence electrons. The first kappa shape index (κ1) is 22.3. The van der Waals surface area contributed by atoms with Crippen LogP contribution in [0.25, 0.3) is 22.4 Å². The highest BCUT2D eigenvalue weighted by molar-refractivity contribution is 6.30. The number of hydrogen-bond donors (Lipinski definition) is 0. The summed E-state index contributed by atoms with van der Waals surface area (Å²) in [5.41, 5.74) is 4.42. The van der Waals surface area contributed by atoms with Crippen LogP contribution in [0.2, 0.25) is 5.02 Å². The molecule has 4 heterocycles. The Balaban J connectivity index is 1.42. The summed E-state index contributed by atoms with van der Waals surface area (Å²) in [4.78, 5) is 23.5. The van der Waals surface area contributed by atoms with Gasteiger partial charge in [-0.1, -0.05) is 11.6 Å². The van der Waals surface area contributed by atoms with E-state index in [1.165, 1.54) is 24.5 Å². The zero-order valence-electron chi connectivity index (χ0n) is 19.9. The molecule has 1 aromatic carbocycles. The summed E-state index contributed by atoms with van der Waals surface area (Å²) in [5.74, 6) is 0.0688. The van der Waals surface area contributed by atoms with E-state index in [9.17, 15) is 0 Å². The molecule has 0 amide bonds. The van der Waals surface area contributed by atoms with Crippen molar-refractivity contribution >= 4 is 28.7 Å². The lowest BCUT2D eigenvalue weighted by molar-refractivity contribution is 0.220. The zero-order chi connectivity index (χ0) is 24.3. The van der Waals surface area contributed by atoms with Gasteiger partial charge < -0.3 is 4.90 Å². The highest BCUT2D eigenvalue weighted by Gasteiger charge is 2.31. The van der Waals surface area contributed by atoms with Gasteiger partial charge in [0, 0.05) is 42.0 Å². The van der Waals surface area contributed by atoms with Crippen LogP contribution >= 0.6 is 11.6 Å². The first-order valence-electron chi connectivity index (χ1n) is 11.8. The van der Waals surface area contributed by atoms with E-state index in [0.29, 0.717) is 46.0 Å². The summed E-state index contributed by atoms with van der Waals surface area (Å²) in [6, 6.07) is 5.28. The van der Waals surface area contributed by atoms with Crippen LogP contribution in [0.5, 0.6) is 0 Å². The molecule has 2 aliphatic rings. The number of fused-ring (bicyclic) bond motifs is 1. The van der Waals surface area contributed by atoms with E-state index in [4.69, 9.17) is 21.6 Å². The minimum atomic E-state index is -0.452. The van der Waals surface area contributed by atoms with Gasteiger partial charge in [-0.05, 0) is 51.9 Å². The van der Waals surface area contributed by atoms with Crippen molar-refractivity contribution in [3.05, 3.63) is 58.4 Å². The van der Waals surface area contributed by atoms with Gasteiger partial charge in [0.15, 0.2) is 5.65 Å². The Morgan fingerprint density at radius 1 is 1.03 bits per heavy atom. The maximum absolute atomic E-state index is 15.0. The van der Waals surface area contributed by atoms with Gasteiger partial charge in [-0.3, -0.25) is 9.58 Å². The third-order valence-corrected chi connectivity index (χ3v) is 7.21. The van der Waals surface area contributed by atoms with Gasteiger partial charge in [0.2, 0.25) is 5.95 Å². The Hall–Kier alpha value is -3.17. The molecule has 1 aliphatic carbocycles. The number of likely N-dealkylation sites (N-methyl/N-ethyl adjacent to an activating group) is 1. The molecule has 0 spiro atoms. The lowest BCUT2D eigenvalue weighted by Crippen LogP contribution is -2.47. The Labute approximate surface area is 207 Å². The molecule has 0 bridgehead atoms. The van der Waals surface area contributed by atoms with Crippen molar-refractivity contribution in [1.82, 2.24) is 34.6 Å². The minimum absolute atomic E-state index is 0.150. The minimum Gasteiger partial charge on any atom is -0.338 e. The fourth-order valence-electron chi connectivity index (χ4n) is 4.59. The second-order valence-corrected chi connectivity index (χ2v) is 9.93. The number of aryl methyl sites for hydroxylation is 2. The van der Waals surface area contributed by atoms with Crippen molar-refractivity contribution < 1.29 is 4.39 Å². The summed E-state index contributed by atoms with van der Waals surface area (Å²) in [5, 5.41) is 4.91. The van der Waals surface area contributed by atoms with Gasteiger partial charge >= 0.3 is 0 Å². The SMILES string of the molecule is Cc1nc2nc(N3CCN(C)C(c4cnn(C5CC5)c4)C3)nc(-c3ccc(Cl)cc3F)c2nc1C. The number of hydrogen-bond acceptors (Lipinski definition) is 7. The van der Waals surface area contributed by atoms with Gasteiger partial charge in [-0.2, -0.15) is 10.1 Å². The van der Waals surface area contributed by atoms with Crippen LogP contribution in [0, 0.1) is 19.7 Å². The van der Waals surface area contributed by atoms with Gasteiger partial charge in [0.05, 0.1) is 29.7 Å². The predicted octanol–water partition coefficient (Wildman–Crippen LogP) is 4.52. The standard InChI is InChI=1S/C25H26ClFN8/c1-14-15(2)30-24-23(29-14)22(19-7-4-17(26)10-20(19)27)31-25(32-24)34-9-8-33(3)21(13-34)16-11-28-35(12-16)18-5-6-18/h4,7,10-12,18,21H,5-6,8-9,13H2,1-3H3. The van der Waals surface area contributed by atoms with Crippen molar-refractivity contribution in [2.45, 2.75) is 38.8 Å². The van der Waals surface area contributed by atoms with E-state index < -0.39 is 5.82 Å². The van der Waals surface area contributed by atoms with Crippen molar-refractivity contribution in [2.75, 3.05) is 31.6 Å². The van der Waals surface area contributed by atoms with Crippen LogP contribution in [0.4, 0.5) is 10.3 Å². The average molecular weight is 493 g/mol. The van der Waals surface area contributed by atoms with Gasteiger partial charge in [-0.15, -0.1) is 0 Å². The second-order valence-electron chi connectivity index (χ2n) is 9.49. The molecule has 1 unspecified atom stereocenters. The normalized spacial score (nSPS) is 19.0. The van der Waals surface area contributed by atoms with Crippen molar-refractivity contribution in [1.29, 1.82) is 0 Å². The van der Waals surface area contributed by atoms with E-state index in [0.717, 1.165) is 24.5 Å². The predicted molar refractivity (Wildman–Crippen MR) is 133 cm³/mol. The quantitative estimate of drug-likeness (QED) is 0.414. The van der Waals surface area contributed by atoms with Crippen LogP contribution in [0.15, 0.2) is 30.6 Å². The third kappa shape index (κ3) is 4.12. The summed E-state index contributed by atoms with van der Waals surface area (Å²) in [6.45, 7) is 6.05. The monoisotopic (exact) mass is 492 g/mol. The summed E-state index contributed by atoms with van der Waals surface area (Å²) in [6.07, 6.45) is 6.53. The Morgan fingerprint density at radius 3 is 2.60 bits per heavy atom. The Bertz CT molecular complexity index is 1430. The van der Waals surface area contributed by atoms with Crippen molar-refractivity contribution in [2.24, 2.45) is 0 Å². The van der Waals surface area contributed by atoms with Crippen molar-refractivity contribution in [3.63, 3.8) is 0 Å². The number of benzene rings is 1. The fraction of sp³-hybridized carbons (Fsp3) is 0.400. The molecular formula is C25H26ClFN8. The molecule has 4 aromatic rings. The summed E-state index contributed by atoms with van der Waals surface area (Å²) in [7, 11) is 2.13. The first-order chi connectivity index (χ1) is 16.9. The molecule has 8 nitrogen and oxygen atoms in total. The Kier molecular flexibility index (Phi) is 5.41. The highest BCUT2D eigenvalue weighted by atomic mass is 35.5. The molecule has 35 heavy (non-hydrogen) atoms. The Morgan fingerprint density at radius 2 is 1.83 bits per heavy atom. The smallest absolute Gasteiger partial charge is 0.228 e. The van der Waals surface area contributed by atoms with E-state index in [2.05, 4.69) is 42.8 Å². The van der Waals surface area contributed by atoms with Crippen LogP contribution < -0.4 is 4.90 Å². The number of aromatic nitrogens is 6. The summed E-state index contributed by atoms with van der Waals surface area (Å²) >= 11 is 6.01. The topological polar surface area (TPSA) is 75.9 Å². The van der Waals surface area contributed by atoms with Gasteiger partial charge in [0.25, 0.3) is 0 Å². The molecule has 6 rings (SSSR count). The number of anilines is 1. The van der Waals surface area contributed by atoms with E-state index in [-0.39, 0.29) is 6.04 Å². The van der Waals surface area contributed by atoms with Crippen molar-refractivity contribution in [3.8, 4) is 11.3 Å². The first-order valence-corrected chi connectivity index (χ1v) is 12.2. The molecule has 2 fully saturated rings. The molecule has 3 aromatic heterocycles. The second kappa shape index (κ2) is 8.49. The maximum atomic E-state index is 15.0. The molecule has 1 atom stereocenters. The van der Waals surface area contributed by atoms with Crippen LogP contribution in [0.1, 0.15) is 41.9 Å².